The van der Waals surface area contributed by atoms with Crippen LogP contribution in [0, 0.1) is 17.2 Å². The number of hydrogen-bond donors (Lipinski definition) is 1. The molecule has 1 aliphatic heterocycles. The number of hydrogen-bond acceptors (Lipinski definition) is 3. The zero-order valence-electron chi connectivity index (χ0n) is 13.2. The Balaban J connectivity index is 2.78. The average molecular weight is 287 g/mol. The van der Waals surface area contributed by atoms with Gasteiger partial charge in [-0.1, -0.05) is 20.8 Å². The number of nitrogens with zero attached hydrogens (tertiary/aromatic N) is 1. The van der Waals surface area contributed by atoms with Crippen LogP contribution in [0.5, 0.6) is 5.75 Å². The molecule has 112 valence electrons. The predicted octanol–water partition coefficient (Wildman–Crippen LogP) is 3.73. The minimum atomic E-state index is -1.03. The van der Waals surface area contributed by atoms with E-state index in [1.165, 1.54) is 6.07 Å². The van der Waals surface area contributed by atoms with Gasteiger partial charge in [0, 0.05) is 11.5 Å². The molecule has 0 amide bonds. The van der Waals surface area contributed by atoms with Crippen molar-refractivity contribution in [3.8, 4) is 11.8 Å². The van der Waals surface area contributed by atoms with Gasteiger partial charge in [0.1, 0.15) is 17.4 Å². The van der Waals surface area contributed by atoms with Crippen LogP contribution in [0.15, 0.2) is 12.1 Å². The first-order chi connectivity index (χ1) is 9.65. The van der Waals surface area contributed by atoms with Crippen LogP contribution in [-0.4, -0.2) is 16.7 Å². The van der Waals surface area contributed by atoms with Crippen LogP contribution in [0.4, 0.5) is 0 Å². The van der Waals surface area contributed by atoms with Crippen molar-refractivity contribution >= 4 is 5.97 Å². The summed E-state index contributed by atoms with van der Waals surface area (Å²) in [5, 5.41) is 18.6. The first kappa shape index (κ1) is 15.4. The molecule has 4 nitrogen and oxygen atoms in total. The van der Waals surface area contributed by atoms with Gasteiger partial charge in [-0.25, -0.2) is 4.79 Å². The number of rotatable bonds is 2. The third kappa shape index (κ3) is 2.27. The van der Waals surface area contributed by atoms with Crippen molar-refractivity contribution < 1.29 is 14.6 Å². The normalized spacial score (nSPS) is 21.8. The molecule has 0 spiro atoms. The van der Waals surface area contributed by atoms with Gasteiger partial charge in [0.2, 0.25) is 0 Å². The Morgan fingerprint density at radius 1 is 1.38 bits per heavy atom. The van der Waals surface area contributed by atoms with E-state index in [1.807, 2.05) is 13.8 Å². The quantitative estimate of drug-likeness (QED) is 0.899. The second-order valence-corrected chi connectivity index (χ2v) is 6.71. The summed E-state index contributed by atoms with van der Waals surface area (Å²) < 4.78 is 6.10. The first-order valence-corrected chi connectivity index (χ1v) is 7.16. The Morgan fingerprint density at radius 3 is 2.48 bits per heavy atom. The minimum Gasteiger partial charge on any atom is -0.486 e. The molecule has 1 unspecified atom stereocenters. The third-order valence-corrected chi connectivity index (χ3v) is 4.63. The molecule has 1 aromatic carbocycles. The summed E-state index contributed by atoms with van der Waals surface area (Å²) in [6.07, 6.45) is 0.915. The number of ether oxygens (including phenoxy) is 1. The lowest BCUT2D eigenvalue weighted by atomic mass is 9.63. The number of aromatic carboxylic acids is 1. The van der Waals surface area contributed by atoms with Gasteiger partial charge in [0.15, 0.2) is 0 Å². The highest BCUT2D eigenvalue weighted by Gasteiger charge is 2.48. The SMILES string of the molecule is CCC1C(C)(C)Oc2c(C#N)cc(C(=O)O)cc2C1(C)C. The highest BCUT2D eigenvalue weighted by molar-refractivity contribution is 5.89. The van der Waals surface area contributed by atoms with Gasteiger partial charge in [0.05, 0.1) is 11.1 Å². The highest BCUT2D eigenvalue weighted by atomic mass is 16.5. The highest BCUT2D eigenvalue weighted by Crippen LogP contribution is 2.51. The van der Waals surface area contributed by atoms with Crippen LogP contribution in [0.2, 0.25) is 0 Å². The van der Waals surface area contributed by atoms with E-state index in [2.05, 4.69) is 26.8 Å². The van der Waals surface area contributed by atoms with Gasteiger partial charge in [-0.15, -0.1) is 0 Å². The fraction of sp³-hybridized carbons (Fsp3) is 0.529. The number of carbonyl (C=O) groups is 1. The molecule has 0 saturated heterocycles. The standard InChI is InChI=1S/C17H21NO3/c1-6-13-16(2,3)12-8-10(15(19)20)7-11(9-18)14(12)21-17(13,4)5/h7-8,13H,6H2,1-5H3,(H,19,20). The van der Waals surface area contributed by atoms with Crippen molar-refractivity contribution in [2.45, 2.75) is 52.1 Å². The smallest absolute Gasteiger partial charge is 0.335 e. The lowest BCUT2D eigenvalue weighted by molar-refractivity contribution is -0.0162. The lowest BCUT2D eigenvalue weighted by Crippen LogP contribution is -2.51. The summed E-state index contributed by atoms with van der Waals surface area (Å²) in [5.41, 5.74) is 0.576. The zero-order chi connectivity index (χ0) is 16.0. The summed E-state index contributed by atoms with van der Waals surface area (Å²) in [4.78, 5) is 11.3. The van der Waals surface area contributed by atoms with Gasteiger partial charge < -0.3 is 9.84 Å². The number of fused-ring (bicyclic) bond motifs is 1. The first-order valence-electron chi connectivity index (χ1n) is 7.16. The van der Waals surface area contributed by atoms with E-state index in [4.69, 9.17) is 4.74 Å². The Labute approximate surface area is 125 Å². The topological polar surface area (TPSA) is 70.3 Å². The summed E-state index contributed by atoms with van der Waals surface area (Å²) in [7, 11) is 0. The second kappa shape index (κ2) is 4.77. The Bertz CT molecular complexity index is 638. The van der Waals surface area contributed by atoms with Crippen LogP contribution in [0.1, 0.15) is 62.5 Å². The Morgan fingerprint density at radius 2 is 2.00 bits per heavy atom. The summed E-state index contributed by atoms with van der Waals surface area (Å²) >= 11 is 0. The van der Waals surface area contributed by atoms with Gasteiger partial charge >= 0.3 is 5.97 Å². The van der Waals surface area contributed by atoms with E-state index < -0.39 is 11.6 Å². The Kier molecular flexibility index (Phi) is 3.49. The van der Waals surface area contributed by atoms with Gasteiger partial charge in [0.25, 0.3) is 0 Å². The molecule has 1 heterocycles. The molecular weight excluding hydrogens is 266 g/mol. The molecular formula is C17H21NO3. The van der Waals surface area contributed by atoms with Crippen molar-refractivity contribution in [3.63, 3.8) is 0 Å². The molecule has 0 aliphatic carbocycles. The van der Waals surface area contributed by atoms with Crippen LogP contribution in [-0.2, 0) is 5.41 Å². The van der Waals surface area contributed by atoms with E-state index in [1.54, 1.807) is 6.07 Å². The van der Waals surface area contributed by atoms with E-state index in [-0.39, 0.29) is 16.9 Å². The molecule has 1 aromatic rings. The number of carboxylic acids is 1. The monoisotopic (exact) mass is 287 g/mol. The second-order valence-electron chi connectivity index (χ2n) is 6.71. The molecule has 21 heavy (non-hydrogen) atoms. The molecule has 0 fully saturated rings. The van der Waals surface area contributed by atoms with Gasteiger partial charge in [-0.2, -0.15) is 5.26 Å². The van der Waals surface area contributed by atoms with E-state index in [0.717, 1.165) is 12.0 Å². The van der Waals surface area contributed by atoms with Gasteiger partial charge in [-0.05, 0) is 37.8 Å². The molecule has 4 heteroatoms. The average Bonchev–Trinajstić information content (AvgIpc) is 2.36. The van der Waals surface area contributed by atoms with Crippen molar-refractivity contribution in [1.82, 2.24) is 0 Å². The van der Waals surface area contributed by atoms with Crippen LogP contribution >= 0.6 is 0 Å². The summed E-state index contributed by atoms with van der Waals surface area (Å²) in [6.45, 7) is 10.3. The summed E-state index contributed by atoms with van der Waals surface area (Å²) in [6, 6.07) is 5.11. The largest absolute Gasteiger partial charge is 0.486 e. The maximum absolute atomic E-state index is 11.3. The summed E-state index contributed by atoms with van der Waals surface area (Å²) in [5.74, 6) is -0.265. The van der Waals surface area contributed by atoms with E-state index >= 15 is 0 Å². The maximum Gasteiger partial charge on any atom is 0.335 e. The number of nitriles is 1. The molecule has 1 atom stereocenters. The number of carboxylic acid groups (broad SMARTS) is 1. The Hall–Kier alpha value is -2.02. The van der Waals surface area contributed by atoms with E-state index in [9.17, 15) is 15.2 Å². The number of benzene rings is 1. The third-order valence-electron chi connectivity index (χ3n) is 4.63. The molecule has 2 rings (SSSR count). The van der Waals surface area contributed by atoms with Crippen molar-refractivity contribution in [2.75, 3.05) is 0 Å². The van der Waals surface area contributed by atoms with Crippen molar-refractivity contribution in [3.05, 3.63) is 28.8 Å². The minimum absolute atomic E-state index is 0.136. The van der Waals surface area contributed by atoms with Gasteiger partial charge in [-0.3, -0.25) is 0 Å². The van der Waals surface area contributed by atoms with Crippen molar-refractivity contribution in [2.24, 2.45) is 5.92 Å². The van der Waals surface area contributed by atoms with Crippen LogP contribution < -0.4 is 4.74 Å². The lowest BCUT2D eigenvalue weighted by Gasteiger charge is -2.50. The fourth-order valence-corrected chi connectivity index (χ4v) is 3.82. The van der Waals surface area contributed by atoms with Crippen molar-refractivity contribution in [1.29, 1.82) is 5.26 Å². The molecule has 1 aliphatic rings. The molecule has 0 saturated carbocycles. The van der Waals surface area contributed by atoms with Crippen LogP contribution in [0.25, 0.3) is 0 Å². The molecule has 0 aromatic heterocycles. The van der Waals surface area contributed by atoms with E-state index in [0.29, 0.717) is 11.3 Å². The predicted molar refractivity (Wildman–Crippen MR) is 79.6 cm³/mol. The maximum atomic E-state index is 11.3. The molecule has 0 bridgehead atoms. The van der Waals surface area contributed by atoms with Crippen LogP contribution in [0.3, 0.4) is 0 Å². The fourth-order valence-electron chi connectivity index (χ4n) is 3.82. The zero-order valence-corrected chi connectivity index (χ0v) is 13.2. The molecule has 0 radical (unpaired) electrons. The molecule has 1 N–H and O–H groups in total.